The first kappa shape index (κ1) is 18.6. The number of rotatable bonds is 4. The lowest BCUT2D eigenvalue weighted by atomic mass is 9.86. The Hall–Kier alpha value is -3.74. The molecule has 0 saturated heterocycles. The number of pyridine rings is 1. The van der Waals surface area contributed by atoms with Crippen molar-refractivity contribution in [3.63, 3.8) is 0 Å². The second-order valence-electron chi connectivity index (χ2n) is 6.41. The fraction of sp³-hybridized carbons (Fsp3) is 0.182. The van der Waals surface area contributed by atoms with E-state index in [1.54, 1.807) is 38.1 Å². The number of hydrogen-bond acceptors (Lipinski definition) is 6. The van der Waals surface area contributed by atoms with Gasteiger partial charge in [-0.3, -0.25) is 9.59 Å². The molecule has 146 valence electrons. The normalized spacial score (nSPS) is 12.5. The van der Waals surface area contributed by atoms with Gasteiger partial charge >= 0.3 is 11.9 Å². The number of carbonyl (C=O) groups is 4. The number of hydrogen-bond donors (Lipinski definition) is 0. The summed E-state index contributed by atoms with van der Waals surface area (Å²) in [4.78, 5) is 51.3. The van der Waals surface area contributed by atoms with Crippen LogP contribution >= 0.6 is 0 Å². The third kappa shape index (κ3) is 2.74. The highest BCUT2D eigenvalue weighted by atomic mass is 16.5. The van der Waals surface area contributed by atoms with Gasteiger partial charge in [0.1, 0.15) is 5.69 Å². The Kier molecular flexibility index (Phi) is 4.50. The number of esters is 2. The zero-order valence-electron chi connectivity index (χ0n) is 15.9. The van der Waals surface area contributed by atoms with Crippen LogP contribution < -0.4 is 0 Å². The summed E-state index contributed by atoms with van der Waals surface area (Å²) >= 11 is 0. The summed E-state index contributed by atoms with van der Waals surface area (Å²) in [5.41, 5.74) is 1.01. The molecule has 0 N–H and O–H groups in total. The Balaban J connectivity index is 2.05. The Morgan fingerprint density at radius 1 is 0.897 bits per heavy atom. The molecule has 1 aliphatic carbocycles. The van der Waals surface area contributed by atoms with Crippen LogP contribution in [-0.2, 0) is 9.47 Å². The summed E-state index contributed by atoms with van der Waals surface area (Å²) in [7, 11) is 0. The van der Waals surface area contributed by atoms with Gasteiger partial charge in [0.25, 0.3) is 0 Å². The standard InChI is InChI=1S/C22H17NO6/c1-3-28-21(26)12-9-10-23-15(11-12)16(22(27)29-4-2)17-18(23)20(25)14-8-6-5-7-13(14)19(17)24/h5-11H,3-4H2,1-2H3. The van der Waals surface area contributed by atoms with Gasteiger partial charge in [0.05, 0.1) is 35.4 Å². The zero-order valence-corrected chi connectivity index (χ0v) is 15.9. The topological polar surface area (TPSA) is 91.2 Å². The molecule has 0 saturated carbocycles. The average molecular weight is 391 g/mol. The summed E-state index contributed by atoms with van der Waals surface area (Å²) in [5.74, 6) is -2.10. The Bertz CT molecular complexity index is 1200. The van der Waals surface area contributed by atoms with Gasteiger partial charge in [-0.05, 0) is 26.0 Å². The predicted octanol–water partition coefficient (Wildman–Crippen LogP) is 3.07. The molecule has 29 heavy (non-hydrogen) atoms. The minimum absolute atomic E-state index is 0.00633. The van der Waals surface area contributed by atoms with Crippen LogP contribution in [0.1, 0.15) is 66.5 Å². The minimum atomic E-state index is -0.729. The third-order valence-electron chi connectivity index (χ3n) is 4.79. The Morgan fingerprint density at radius 3 is 2.17 bits per heavy atom. The number of benzene rings is 1. The fourth-order valence-corrected chi connectivity index (χ4v) is 3.59. The van der Waals surface area contributed by atoms with Crippen LogP contribution in [0.25, 0.3) is 5.52 Å². The molecule has 0 atom stereocenters. The largest absolute Gasteiger partial charge is 0.462 e. The minimum Gasteiger partial charge on any atom is -0.462 e. The van der Waals surface area contributed by atoms with E-state index >= 15 is 0 Å². The monoisotopic (exact) mass is 391 g/mol. The predicted molar refractivity (Wildman–Crippen MR) is 103 cm³/mol. The molecule has 4 rings (SSSR count). The molecule has 7 nitrogen and oxygen atoms in total. The van der Waals surface area contributed by atoms with Gasteiger partial charge in [0.2, 0.25) is 5.78 Å². The number of ketones is 2. The van der Waals surface area contributed by atoms with E-state index in [-0.39, 0.29) is 58.0 Å². The molecule has 1 aromatic carbocycles. The maximum atomic E-state index is 13.2. The highest BCUT2D eigenvalue weighted by Crippen LogP contribution is 2.34. The quantitative estimate of drug-likeness (QED) is 0.497. The van der Waals surface area contributed by atoms with Crippen molar-refractivity contribution in [1.82, 2.24) is 4.40 Å². The van der Waals surface area contributed by atoms with Crippen LogP contribution in [0, 0.1) is 0 Å². The fourth-order valence-electron chi connectivity index (χ4n) is 3.59. The van der Waals surface area contributed by atoms with Crippen LogP contribution in [-0.4, -0.2) is 41.1 Å². The molecule has 7 heteroatoms. The van der Waals surface area contributed by atoms with Crippen molar-refractivity contribution in [1.29, 1.82) is 0 Å². The smallest absolute Gasteiger partial charge is 0.341 e. The molecule has 0 unspecified atom stereocenters. The molecule has 3 aromatic rings. The molecule has 1 aliphatic rings. The van der Waals surface area contributed by atoms with Crippen molar-refractivity contribution < 1.29 is 28.7 Å². The highest BCUT2D eigenvalue weighted by molar-refractivity contribution is 6.31. The Labute approximate surface area is 165 Å². The van der Waals surface area contributed by atoms with E-state index in [4.69, 9.17) is 9.47 Å². The van der Waals surface area contributed by atoms with Crippen molar-refractivity contribution in [2.45, 2.75) is 13.8 Å². The van der Waals surface area contributed by atoms with Crippen LogP contribution in [0.4, 0.5) is 0 Å². The summed E-state index contributed by atoms with van der Waals surface area (Å²) in [6.07, 6.45) is 1.49. The zero-order chi connectivity index (χ0) is 20.7. The number of fused-ring (bicyclic) bond motifs is 4. The van der Waals surface area contributed by atoms with Crippen LogP contribution in [0.5, 0.6) is 0 Å². The molecular weight excluding hydrogens is 374 g/mol. The third-order valence-corrected chi connectivity index (χ3v) is 4.79. The first-order valence-corrected chi connectivity index (χ1v) is 9.20. The lowest BCUT2D eigenvalue weighted by molar-refractivity contribution is 0.0515. The van der Waals surface area contributed by atoms with Crippen molar-refractivity contribution in [3.05, 3.63) is 76.1 Å². The van der Waals surface area contributed by atoms with Crippen LogP contribution in [0.3, 0.4) is 0 Å². The van der Waals surface area contributed by atoms with E-state index in [1.807, 2.05) is 0 Å². The first-order chi connectivity index (χ1) is 14.0. The van der Waals surface area contributed by atoms with Gasteiger partial charge in [-0.1, -0.05) is 24.3 Å². The molecule has 2 aromatic heterocycles. The van der Waals surface area contributed by atoms with Crippen LogP contribution in [0.15, 0.2) is 42.6 Å². The van der Waals surface area contributed by atoms with Gasteiger partial charge < -0.3 is 13.9 Å². The molecule has 0 fully saturated rings. The second kappa shape index (κ2) is 7.01. The molecule has 0 amide bonds. The van der Waals surface area contributed by atoms with E-state index in [0.717, 1.165) is 0 Å². The second-order valence-corrected chi connectivity index (χ2v) is 6.41. The molecular formula is C22H17NO6. The van der Waals surface area contributed by atoms with Crippen LogP contribution in [0.2, 0.25) is 0 Å². The van der Waals surface area contributed by atoms with E-state index in [0.29, 0.717) is 0 Å². The molecule has 0 spiro atoms. The lowest BCUT2D eigenvalue weighted by Crippen LogP contribution is -2.23. The molecule has 0 bridgehead atoms. The van der Waals surface area contributed by atoms with Gasteiger partial charge in [0, 0.05) is 17.3 Å². The van der Waals surface area contributed by atoms with Gasteiger partial charge in [-0.2, -0.15) is 0 Å². The van der Waals surface area contributed by atoms with E-state index in [9.17, 15) is 19.2 Å². The first-order valence-electron chi connectivity index (χ1n) is 9.20. The lowest BCUT2D eigenvalue weighted by Gasteiger charge is -2.15. The number of aromatic nitrogens is 1. The van der Waals surface area contributed by atoms with Gasteiger partial charge in [-0.25, -0.2) is 9.59 Å². The average Bonchev–Trinajstić information content (AvgIpc) is 3.07. The summed E-state index contributed by atoms with van der Waals surface area (Å²) in [6.45, 7) is 3.62. The van der Waals surface area contributed by atoms with Crippen molar-refractivity contribution in [2.75, 3.05) is 13.2 Å². The number of nitrogens with zero attached hydrogens (tertiary/aromatic N) is 1. The SMILES string of the molecule is CCOC(=O)c1ccn2c3c(c(C(=O)OCC)c2c1)C(=O)c1ccccc1C3=O. The van der Waals surface area contributed by atoms with E-state index in [2.05, 4.69) is 0 Å². The van der Waals surface area contributed by atoms with Gasteiger partial charge in [0.15, 0.2) is 5.78 Å². The van der Waals surface area contributed by atoms with Crippen molar-refractivity contribution in [2.24, 2.45) is 0 Å². The summed E-state index contributed by atoms with van der Waals surface area (Å²) < 4.78 is 11.6. The Morgan fingerprint density at radius 2 is 1.52 bits per heavy atom. The van der Waals surface area contributed by atoms with Gasteiger partial charge in [-0.15, -0.1) is 0 Å². The number of carbonyl (C=O) groups excluding carboxylic acids is 4. The molecule has 0 aliphatic heterocycles. The number of ether oxygens (including phenoxy) is 2. The van der Waals surface area contributed by atoms with E-state index in [1.165, 1.54) is 22.7 Å². The molecule has 0 radical (unpaired) electrons. The highest BCUT2D eigenvalue weighted by Gasteiger charge is 2.38. The molecule has 2 heterocycles. The maximum Gasteiger partial charge on any atom is 0.341 e. The maximum absolute atomic E-state index is 13.2. The van der Waals surface area contributed by atoms with Crippen molar-refractivity contribution in [3.8, 4) is 0 Å². The van der Waals surface area contributed by atoms with E-state index < -0.39 is 17.7 Å². The van der Waals surface area contributed by atoms with Crippen molar-refractivity contribution >= 4 is 29.0 Å². The summed E-state index contributed by atoms with van der Waals surface area (Å²) in [6, 6.07) is 9.39. The summed E-state index contributed by atoms with van der Waals surface area (Å²) in [5, 5.41) is 0.